The van der Waals surface area contributed by atoms with Gasteiger partial charge in [-0.15, -0.1) is 0 Å². The third-order valence-corrected chi connectivity index (χ3v) is 7.22. The zero-order chi connectivity index (χ0) is 19.2. The van der Waals surface area contributed by atoms with E-state index in [-0.39, 0.29) is 0 Å². The lowest BCUT2D eigenvalue weighted by atomic mass is 9.67. The lowest BCUT2D eigenvalue weighted by Crippen LogP contribution is -2.26. The summed E-state index contributed by atoms with van der Waals surface area (Å²) in [6.07, 6.45) is 12.9. The van der Waals surface area contributed by atoms with Gasteiger partial charge >= 0.3 is 0 Å². The molecule has 2 saturated carbocycles. The number of hydrogen-bond donors (Lipinski definition) is 0. The van der Waals surface area contributed by atoms with Crippen LogP contribution in [0.2, 0.25) is 0 Å². The second-order valence-electron chi connectivity index (χ2n) is 8.98. The Morgan fingerprint density at radius 1 is 0.963 bits per heavy atom. The highest BCUT2D eigenvalue weighted by Gasteiger charge is 2.32. The van der Waals surface area contributed by atoms with Gasteiger partial charge in [0.2, 0.25) is 0 Å². The van der Waals surface area contributed by atoms with E-state index >= 15 is 0 Å². The molecule has 0 N–H and O–H groups in total. The second-order valence-corrected chi connectivity index (χ2v) is 8.98. The van der Waals surface area contributed by atoms with E-state index in [0.717, 1.165) is 36.2 Å². The minimum Gasteiger partial charge on any atom is -0.206 e. The molecule has 0 heterocycles. The maximum atomic E-state index is 14.0. The number of halogens is 3. The van der Waals surface area contributed by atoms with Crippen LogP contribution in [0.4, 0.5) is 13.2 Å². The first kappa shape index (κ1) is 20.7. The molecule has 27 heavy (non-hydrogen) atoms. The van der Waals surface area contributed by atoms with Crippen LogP contribution >= 0.6 is 0 Å². The van der Waals surface area contributed by atoms with E-state index in [1.54, 1.807) is 6.07 Å². The Hall–Kier alpha value is -0.990. The first-order valence-corrected chi connectivity index (χ1v) is 11.2. The van der Waals surface area contributed by atoms with Gasteiger partial charge in [-0.2, -0.15) is 0 Å². The number of rotatable bonds is 7. The van der Waals surface area contributed by atoms with Crippen LogP contribution in [0, 0.1) is 23.6 Å². The molecule has 0 amide bonds. The second kappa shape index (κ2) is 9.98. The molecule has 2 aliphatic carbocycles. The molecule has 0 saturated heterocycles. The highest BCUT2D eigenvalue weighted by Crippen LogP contribution is 2.45. The number of alkyl halides is 2. The molecule has 152 valence electrons. The minimum atomic E-state index is -2.73. The van der Waals surface area contributed by atoms with Crippen LogP contribution in [0.15, 0.2) is 18.2 Å². The van der Waals surface area contributed by atoms with Crippen LogP contribution in [0.25, 0.3) is 0 Å². The molecular formula is C24H35F3. The largest absolute Gasteiger partial charge is 0.266 e. The Labute approximate surface area is 162 Å². The number of unbranched alkanes of at least 4 members (excludes halogenated alkanes) is 2. The van der Waals surface area contributed by atoms with E-state index in [2.05, 4.69) is 6.92 Å². The van der Waals surface area contributed by atoms with Gasteiger partial charge in [0, 0.05) is 0 Å². The van der Waals surface area contributed by atoms with Crippen LogP contribution in [-0.2, 0) is 0 Å². The highest BCUT2D eigenvalue weighted by molar-refractivity contribution is 5.28. The first-order chi connectivity index (χ1) is 13.1. The summed E-state index contributed by atoms with van der Waals surface area (Å²) in [5, 5.41) is 0. The SMILES string of the molecule is CCCCC[C@H]1CC[C@H]([C@@H]2CCCC(c3ccc(C(F)F)c(F)c3)C2)CC1. The summed E-state index contributed by atoms with van der Waals surface area (Å²) in [5.74, 6) is 2.09. The van der Waals surface area contributed by atoms with E-state index in [4.69, 9.17) is 0 Å². The Morgan fingerprint density at radius 3 is 2.41 bits per heavy atom. The quantitative estimate of drug-likeness (QED) is 0.416. The molecule has 1 aromatic rings. The smallest absolute Gasteiger partial charge is 0.206 e. The van der Waals surface area contributed by atoms with E-state index in [1.165, 1.54) is 76.3 Å². The summed E-state index contributed by atoms with van der Waals surface area (Å²) in [5.41, 5.74) is 0.461. The van der Waals surface area contributed by atoms with Crippen LogP contribution in [-0.4, -0.2) is 0 Å². The third kappa shape index (κ3) is 5.51. The van der Waals surface area contributed by atoms with Crippen LogP contribution < -0.4 is 0 Å². The maximum absolute atomic E-state index is 14.0. The van der Waals surface area contributed by atoms with Gasteiger partial charge in [0.1, 0.15) is 5.82 Å². The topological polar surface area (TPSA) is 0 Å². The molecule has 2 atom stereocenters. The van der Waals surface area contributed by atoms with Gasteiger partial charge in [-0.05, 0) is 61.0 Å². The summed E-state index contributed by atoms with van der Waals surface area (Å²) >= 11 is 0. The average Bonchev–Trinajstić information content (AvgIpc) is 2.68. The Morgan fingerprint density at radius 2 is 1.74 bits per heavy atom. The van der Waals surface area contributed by atoms with Crippen molar-refractivity contribution in [3.8, 4) is 0 Å². The molecule has 0 aromatic heterocycles. The van der Waals surface area contributed by atoms with Crippen molar-refractivity contribution in [1.82, 2.24) is 0 Å². The molecule has 2 aliphatic rings. The van der Waals surface area contributed by atoms with Crippen molar-refractivity contribution in [3.63, 3.8) is 0 Å². The van der Waals surface area contributed by atoms with Gasteiger partial charge in [-0.25, -0.2) is 13.2 Å². The molecule has 1 aromatic carbocycles. The van der Waals surface area contributed by atoms with Gasteiger partial charge in [0.05, 0.1) is 5.56 Å². The van der Waals surface area contributed by atoms with Crippen molar-refractivity contribution in [2.24, 2.45) is 17.8 Å². The summed E-state index contributed by atoms with van der Waals surface area (Å²) in [7, 11) is 0. The van der Waals surface area contributed by atoms with Crippen LogP contribution in [0.1, 0.15) is 107 Å². The minimum absolute atomic E-state index is 0.340. The monoisotopic (exact) mass is 380 g/mol. The van der Waals surface area contributed by atoms with E-state index in [9.17, 15) is 13.2 Å². The number of hydrogen-bond acceptors (Lipinski definition) is 0. The predicted octanol–water partition coefficient (Wildman–Crippen LogP) is 8.42. The Kier molecular flexibility index (Phi) is 7.66. The highest BCUT2D eigenvalue weighted by atomic mass is 19.3. The lowest BCUT2D eigenvalue weighted by Gasteiger charge is -2.38. The van der Waals surface area contributed by atoms with E-state index in [1.807, 2.05) is 0 Å². The molecule has 0 aliphatic heterocycles. The van der Waals surface area contributed by atoms with Crippen molar-refractivity contribution in [2.45, 2.75) is 96.3 Å². The fourth-order valence-electron chi connectivity index (χ4n) is 5.56. The van der Waals surface area contributed by atoms with E-state index < -0.39 is 17.8 Å². The lowest BCUT2D eigenvalue weighted by molar-refractivity contribution is 0.145. The summed E-state index contributed by atoms with van der Waals surface area (Å²) in [4.78, 5) is 0. The standard InChI is InChI=1S/C24H35F3/c1-2-3-4-6-17-9-11-18(12-10-17)19-7-5-8-20(15-19)21-13-14-22(24(26)27)23(25)16-21/h13-14,16-20,24H,2-12,15H2,1H3/t17-,18-,19-,20?/m1/s1. The van der Waals surface area contributed by atoms with Crippen molar-refractivity contribution >= 4 is 0 Å². The predicted molar refractivity (Wildman–Crippen MR) is 106 cm³/mol. The average molecular weight is 381 g/mol. The molecule has 3 rings (SSSR count). The molecule has 0 radical (unpaired) electrons. The van der Waals surface area contributed by atoms with Crippen molar-refractivity contribution in [2.75, 3.05) is 0 Å². The van der Waals surface area contributed by atoms with Gasteiger partial charge in [0.15, 0.2) is 0 Å². The fraction of sp³-hybridized carbons (Fsp3) is 0.750. The van der Waals surface area contributed by atoms with Crippen LogP contribution in [0.3, 0.4) is 0 Å². The van der Waals surface area contributed by atoms with Gasteiger partial charge < -0.3 is 0 Å². The zero-order valence-corrected chi connectivity index (χ0v) is 16.7. The normalized spacial score (nSPS) is 29.2. The zero-order valence-electron chi connectivity index (χ0n) is 16.7. The number of benzene rings is 1. The van der Waals surface area contributed by atoms with E-state index in [0.29, 0.717) is 5.92 Å². The first-order valence-electron chi connectivity index (χ1n) is 11.2. The summed E-state index contributed by atoms with van der Waals surface area (Å²) < 4.78 is 39.6. The third-order valence-electron chi connectivity index (χ3n) is 7.22. The van der Waals surface area contributed by atoms with Gasteiger partial charge in [-0.1, -0.05) is 70.4 Å². The Balaban J connectivity index is 1.53. The molecule has 0 spiro atoms. The van der Waals surface area contributed by atoms with Gasteiger partial charge in [0.25, 0.3) is 6.43 Å². The fourth-order valence-corrected chi connectivity index (χ4v) is 5.56. The van der Waals surface area contributed by atoms with Gasteiger partial charge in [-0.3, -0.25) is 0 Å². The molecule has 2 fully saturated rings. The molecule has 1 unspecified atom stereocenters. The molecular weight excluding hydrogens is 345 g/mol. The maximum Gasteiger partial charge on any atom is 0.266 e. The van der Waals surface area contributed by atoms with Crippen molar-refractivity contribution in [1.29, 1.82) is 0 Å². The van der Waals surface area contributed by atoms with Crippen LogP contribution in [0.5, 0.6) is 0 Å². The molecule has 0 nitrogen and oxygen atoms in total. The van der Waals surface area contributed by atoms with Crippen molar-refractivity contribution in [3.05, 3.63) is 35.1 Å². The summed E-state index contributed by atoms with van der Waals surface area (Å²) in [6.45, 7) is 2.27. The summed E-state index contributed by atoms with van der Waals surface area (Å²) in [6, 6.07) is 4.40. The molecule has 0 bridgehead atoms. The van der Waals surface area contributed by atoms with Crippen molar-refractivity contribution < 1.29 is 13.2 Å². The molecule has 3 heteroatoms. The Bertz CT molecular complexity index is 575.